The fourth-order valence-electron chi connectivity index (χ4n) is 3.98. The van der Waals surface area contributed by atoms with Gasteiger partial charge in [-0.3, -0.25) is 9.59 Å². The third-order valence-corrected chi connectivity index (χ3v) is 5.81. The van der Waals surface area contributed by atoms with E-state index in [2.05, 4.69) is 17.0 Å². The van der Waals surface area contributed by atoms with Crippen LogP contribution in [0.1, 0.15) is 27.0 Å². The molecule has 4 nitrogen and oxygen atoms in total. The first kappa shape index (κ1) is 20.9. The summed E-state index contributed by atoms with van der Waals surface area (Å²) >= 11 is 0. The van der Waals surface area contributed by atoms with E-state index >= 15 is 0 Å². The molecule has 1 heterocycles. The number of aryl methyl sites for hydroxylation is 1. The van der Waals surface area contributed by atoms with Crippen molar-refractivity contribution < 1.29 is 9.59 Å². The van der Waals surface area contributed by atoms with Crippen LogP contribution in [-0.2, 0) is 17.6 Å². The van der Waals surface area contributed by atoms with Gasteiger partial charge in [-0.05, 0) is 42.3 Å². The van der Waals surface area contributed by atoms with Crippen LogP contribution in [0.2, 0.25) is 0 Å². The lowest BCUT2D eigenvalue weighted by molar-refractivity contribution is -0.117. The molecule has 1 fully saturated rings. The maximum Gasteiger partial charge on any atom is 0.253 e. The summed E-state index contributed by atoms with van der Waals surface area (Å²) in [7, 11) is 0. The average Bonchev–Trinajstić information content (AvgIpc) is 2.80. The number of carbonyl (C=O) groups is 2. The molecule has 0 saturated carbocycles. The molecule has 0 aromatic heterocycles. The number of amides is 1. The highest BCUT2D eigenvalue weighted by molar-refractivity contribution is 5.94. The molecule has 31 heavy (non-hydrogen) atoms. The van der Waals surface area contributed by atoms with Crippen molar-refractivity contribution in [2.24, 2.45) is 0 Å². The van der Waals surface area contributed by atoms with Crippen LogP contribution in [-0.4, -0.2) is 42.8 Å². The van der Waals surface area contributed by atoms with E-state index in [0.29, 0.717) is 25.9 Å². The Labute approximate surface area is 184 Å². The first-order valence-corrected chi connectivity index (χ1v) is 10.8. The summed E-state index contributed by atoms with van der Waals surface area (Å²) in [4.78, 5) is 29.3. The van der Waals surface area contributed by atoms with E-state index in [0.717, 1.165) is 41.0 Å². The van der Waals surface area contributed by atoms with Crippen molar-refractivity contribution in [1.82, 2.24) is 4.90 Å². The van der Waals surface area contributed by atoms with Crippen molar-refractivity contribution in [1.29, 1.82) is 0 Å². The Morgan fingerprint density at radius 2 is 1.29 bits per heavy atom. The maximum atomic E-state index is 12.7. The molecule has 158 valence electrons. The number of rotatable bonds is 6. The molecule has 0 radical (unpaired) electrons. The van der Waals surface area contributed by atoms with E-state index in [1.54, 1.807) is 0 Å². The lowest BCUT2D eigenvalue weighted by atomic mass is 10.0. The van der Waals surface area contributed by atoms with E-state index in [-0.39, 0.29) is 11.7 Å². The second-order valence-electron chi connectivity index (χ2n) is 8.19. The zero-order valence-electron chi connectivity index (χ0n) is 18.0. The Bertz CT molecular complexity index is 1020. The van der Waals surface area contributed by atoms with Gasteiger partial charge in [0.25, 0.3) is 5.91 Å². The number of benzene rings is 3. The smallest absolute Gasteiger partial charge is 0.253 e. The number of nitrogens with zero attached hydrogens (tertiary/aromatic N) is 2. The summed E-state index contributed by atoms with van der Waals surface area (Å²) in [6, 6.07) is 25.9. The molecule has 3 aromatic carbocycles. The maximum absolute atomic E-state index is 12.7. The van der Waals surface area contributed by atoms with Crippen molar-refractivity contribution in [2.45, 2.75) is 19.8 Å². The number of ketones is 1. The average molecular weight is 413 g/mol. The lowest BCUT2D eigenvalue weighted by Crippen LogP contribution is -2.48. The van der Waals surface area contributed by atoms with Gasteiger partial charge in [0.2, 0.25) is 0 Å². The summed E-state index contributed by atoms with van der Waals surface area (Å²) in [6.45, 7) is 5.07. The number of hydrogen-bond acceptors (Lipinski definition) is 3. The first-order chi connectivity index (χ1) is 15.1. The summed E-state index contributed by atoms with van der Waals surface area (Å²) in [6.07, 6.45) is 0.924. The number of hydrogen-bond donors (Lipinski definition) is 0. The summed E-state index contributed by atoms with van der Waals surface area (Å²) in [5.74, 6) is 0.328. The van der Waals surface area contributed by atoms with Gasteiger partial charge in [-0.2, -0.15) is 0 Å². The van der Waals surface area contributed by atoms with Crippen molar-refractivity contribution in [3.05, 3.63) is 101 Å². The zero-order valence-corrected chi connectivity index (χ0v) is 18.0. The number of anilines is 1. The van der Waals surface area contributed by atoms with Gasteiger partial charge in [-0.15, -0.1) is 0 Å². The van der Waals surface area contributed by atoms with E-state index in [1.165, 1.54) is 0 Å². The molecule has 0 aliphatic carbocycles. The van der Waals surface area contributed by atoms with E-state index in [4.69, 9.17) is 0 Å². The third kappa shape index (κ3) is 5.40. The standard InChI is InChI=1S/C27H28N2O2/c1-21-7-11-24(12-8-21)27(31)29-17-15-28(16-18-29)25-13-9-23(10-14-25)20-26(30)19-22-5-3-2-4-6-22/h2-14H,15-20H2,1H3. The van der Waals surface area contributed by atoms with Crippen molar-refractivity contribution in [3.8, 4) is 0 Å². The molecule has 4 rings (SSSR count). The topological polar surface area (TPSA) is 40.6 Å². The lowest BCUT2D eigenvalue weighted by Gasteiger charge is -2.36. The zero-order chi connectivity index (χ0) is 21.6. The Hall–Kier alpha value is -3.40. The highest BCUT2D eigenvalue weighted by Crippen LogP contribution is 2.19. The van der Waals surface area contributed by atoms with Gasteiger partial charge in [0.1, 0.15) is 5.78 Å². The van der Waals surface area contributed by atoms with Gasteiger partial charge in [-0.1, -0.05) is 60.2 Å². The summed E-state index contributed by atoms with van der Waals surface area (Å²) < 4.78 is 0. The van der Waals surface area contributed by atoms with E-state index in [9.17, 15) is 9.59 Å². The Morgan fingerprint density at radius 3 is 1.90 bits per heavy atom. The van der Waals surface area contributed by atoms with Crippen LogP contribution in [0, 0.1) is 6.92 Å². The van der Waals surface area contributed by atoms with Crippen LogP contribution in [0.25, 0.3) is 0 Å². The quantitative estimate of drug-likeness (QED) is 0.606. The van der Waals surface area contributed by atoms with Crippen LogP contribution in [0.3, 0.4) is 0 Å². The van der Waals surface area contributed by atoms with Gasteiger partial charge in [-0.25, -0.2) is 0 Å². The first-order valence-electron chi connectivity index (χ1n) is 10.8. The molecule has 1 aliphatic rings. The molecule has 3 aromatic rings. The van der Waals surface area contributed by atoms with E-state index < -0.39 is 0 Å². The molecular weight excluding hydrogens is 384 g/mol. The van der Waals surface area contributed by atoms with Crippen molar-refractivity contribution in [3.63, 3.8) is 0 Å². The van der Waals surface area contributed by atoms with Crippen LogP contribution >= 0.6 is 0 Å². The second kappa shape index (κ2) is 9.61. The van der Waals surface area contributed by atoms with Crippen LogP contribution < -0.4 is 4.90 Å². The number of Topliss-reactive ketones (excluding diaryl/α,β-unsaturated/α-hetero) is 1. The number of carbonyl (C=O) groups excluding carboxylic acids is 2. The molecular formula is C27H28N2O2. The Balaban J connectivity index is 1.29. The predicted molar refractivity (Wildman–Crippen MR) is 125 cm³/mol. The fraction of sp³-hybridized carbons (Fsp3) is 0.259. The normalized spacial score (nSPS) is 13.8. The highest BCUT2D eigenvalue weighted by Gasteiger charge is 2.22. The van der Waals surface area contributed by atoms with Crippen molar-refractivity contribution in [2.75, 3.05) is 31.1 Å². The minimum Gasteiger partial charge on any atom is -0.368 e. The molecule has 4 heteroatoms. The predicted octanol–water partition coefficient (Wildman–Crippen LogP) is 4.31. The third-order valence-electron chi connectivity index (χ3n) is 5.81. The summed E-state index contributed by atoms with van der Waals surface area (Å²) in [5, 5.41) is 0. The summed E-state index contributed by atoms with van der Waals surface area (Å²) in [5.41, 5.74) is 5.15. The van der Waals surface area contributed by atoms with Gasteiger partial charge >= 0.3 is 0 Å². The minimum atomic E-state index is 0.104. The van der Waals surface area contributed by atoms with Crippen LogP contribution in [0.4, 0.5) is 5.69 Å². The Kier molecular flexibility index (Phi) is 6.46. The van der Waals surface area contributed by atoms with Crippen LogP contribution in [0.15, 0.2) is 78.9 Å². The Morgan fingerprint density at radius 1 is 0.710 bits per heavy atom. The monoisotopic (exact) mass is 412 g/mol. The molecule has 0 bridgehead atoms. The van der Waals surface area contributed by atoms with Gasteiger partial charge in [0.05, 0.1) is 0 Å². The molecule has 1 saturated heterocycles. The molecule has 0 unspecified atom stereocenters. The minimum absolute atomic E-state index is 0.104. The SMILES string of the molecule is Cc1ccc(C(=O)N2CCN(c3ccc(CC(=O)Cc4ccccc4)cc3)CC2)cc1. The van der Waals surface area contributed by atoms with Gasteiger partial charge in [0, 0.05) is 50.3 Å². The van der Waals surface area contributed by atoms with E-state index in [1.807, 2.05) is 78.6 Å². The van der Waals surface area contributed by atoms with Gasteiger partial charge in [0.15, 0.2) is 0 Å². The largest absolute Gasteiger partial charge is 0.368 e. The van der Waals surface area contributed by atoms with Gasteiger partial charge < -0.3 is 9.80 Å². The number of piperazine rings is 1. The molecule has 0 spiro atoms. The van der Waals surface area contributed by atoms with Crippen molar-refractivity contribution >= 4 is 17.4 Å². The molecule has 0 N–H and O–H groups in total. The molecule has 1 aliphatic heterocycles. The highest BCUT2D eigenvalue weighted by atomic mass is 16.2. The fourth-order valence-corrected chi connectivity index (χ4v) is 3.98. The second-order valence-corrected chi connectivity index (χ2v) is 8.19. The van der Waals surface area contributed by atoms with Crippen LogP contribution in [0.5, 0.6) is 0 Å². The molecule has 0 atom stereocenters. The molecule has 1 amide bonds.